The number of rotatable bonds is 1. The quantitative estimate of drug-likeness (QED) is 0.558. The number of fused-ring (bicyclic) bond motifs is 1. The first-order valence-electron chi connectivity index (χ1n) is 4.68. The summed E-state index contributed by atoms with van der Waals surface area (Å²) in [5.41, 5.74) is 6.71. The van der Waals surface area contributed by atoms with Crippen molar-refractivity contribution in [3.63, 3.8) is 0 Å². The largest absolute Gasteiger partial charge is 0.423 e. The van der Waals surface area contributed by atoms with Crippen molar-refractivity contribution in [1.82, 2.24) is 0 Å². The zero-order valence-electron chi connectivity index (χ0n) is 8.61. The van der Waals surface area contributed by atoms with Gasteiger partial charge in [0.2, 0.25) is 5.91 Å². The molecule has 1 aromatic carbocycles. The molecule has 1 amide bonds. The first-order chi connectivity index (χ1) is 7.58. The minimum absolute atomic E-state index is 0.205. The van der Waals surface area contributed by atoms with Gasteiger partial charge < -0.3 is 15.5 Å². The van der Waals surface area contributed by atoms with Crippen LogP contribution in [0.3, 0.4) is 0 Å². The van der Waals surface area contributed by atoms with Gasteiger partial charge in [0.05, 0.1) is 11.4 Å². The van der Waals surface area contributed by atoms with Crippen LogP contribution in [0.2, 0.25) is 0 Å². The van der Waals surface area contributed by atoms with Gasteiger partial charge >= 0.3 is 5.63 Å². The Morgan fingerprint density at radius 2 is 2.06 bits per heavy atom. The third kappa shape index (κ3) is 1.75. The highest BCUT2D eigenvalue weighted by Gasteiger charge is 2.07. The lowest BCUT2D eigenvalue weighted by molar-refractivity contribution is -0.114. The first-order valence-corrected chi connectivity index (χ1v) is 4.68. The third-order valence-electron chi connectivity index (χ3n) is 2.15. The molecular formula is C11H10N2O3. The van der Waals surface area contributed by atoms with Crippen molar-refractivity contribution in [2.45, 2.75) is 6.92 Å². The van der Waals surface area contributed by atoms with Crippen molar-refractivity contribution in [2.24, 2.45) is 0 Å². The molecule has 0 aliphatic rings. The van der Waals surface area contributed by atoms with Gasteiger partial charge in [-0.1, -0.05) is 0 Å². The topological polar surface area (TPSA) is 85.3 Å². The molecule has 0 aliphatic heterocycles. The highest BCUT2D eigenvalue weighted by Crippen LogP contribution is 2.27. The minimum Gasteiger partial charge on any atom is -0.423 e. The summed E-state index contributed by atoms with van der Waals surface area (Å²) >= 11 is 0. The van der Waals surface area contributed by atoms with Gasteiger partial charge in [-0.05, 0) is 18.2 Å². The van der Waals surface area contributed by atoms with E-state index in [4.69, 9.17) is 10.2 Å². The fourth-order valence-corrected chi connectivity index (χ4v) is 1.47. The maximum Gasteiger partial charge on any atom is 0.336 e. The van der Waals surface area contributed by atoms with E-state index in [1.54, 1.807) is 18.2 Å². The van der Waals surface area contributed by atoms with Crippen molar-refractivity contribution in [2.75, 3.05) is 11.1 Å². The lowest BCUT2D eigenvalue weighted by Gasteiger charge is -2.07. The molecule has 2 aromatic rings. The fourth-order valence-electron chi connectivity index (χ4n) is 1.47. The van der Waals surface area contributed by atoms with Crippen molar-refractivity contribution >= 4 is 28.3 Å². The molecule has 1 aromatic heterocycles. The van der Waals surface area contributed by atoms with Gasteiger partial charge in [-0.25, -0.2) is 4.79 Å². The van der Waals surface area contributed by atoms with E-state index in [1.165, 1.54) is 13.0 Å². The van der Waals surface area contributed by atoms with E-state index in [9.17, 15) is 9.59 Å². The first kappa shape index (κ1) is 10.2. The van der Waals surface area contributed by atoms with Crippen molar-refractivity contribution in [1.29, 1.82) is 0 Å². The lowest BCUT2D eigenvalue weighted by atomic mass is 10.1. The van der Waals surface area contributed by atoms with Crippen LogP contribution < -0.4 is 16.7 Å². The predicted octanol–water partition coefficient (Wildman–Crippen LogP) is 1.33. The number of carbonyl (C=O) groups is 1. The average molecular weight is 218 g/mol. The third-order valence-corrected chi connectivity index (χ3v) is 2.15. The summed E-state index contributed by atoms with van der Waals surface area (Å²) in [6.45, 7) is 1.40. The van der Waals surface area contributed by atoms with Crippen LogP contribution in [0.1, 0.15) is 6.92 Å². The molecule has 0 radical (unpaired) electrons. The molecule has 0 bridgehead atoms. The number of nitrogens with one attached hydrogen (secondary N) is 1. The highest BCUT2D eigenvalue weighted by atomic mass is 16.4. The molecule has 0 spiro atoms. The van der Waals surface area contributed by atoms with Crippen LogP contribution in [0.15, 0.2) is 33.5 Å². The Balaban J connectivity index is 2.65. The van der Waals surface area contributed by atoms with Crippen molar-refractivity contribution in [3.8, 4) is 0 Å². The Morgan fingerprint density at radius 3 is 2.75 bits per heavy atom. The molecule has 2 rings (SSSR count). The van der Waals surface area contributed by atoms with Gasteiger partial charge in [-0.2, -0.15) is 0 Å². The van der Waals surface area contributed by atoms with E-state index < -0.39 is 5.63 Å². The number of hydrogen-bond donors (Lipinski definition) is 2. The number of hydrogen-bond acceptors (Lipinski definition) is 4. The van der Waals surface area contributed by atoms with E-state index in [1.807, 2.05) is 0 Å². The number of anilines is 2. The molecular weight excluding hydrogens is 208 g/mol. The van der Waals surface area contributed by atoms with Gasteiger partial charge in [0.1, 0.15) is 5.58 Å². The molecule has 0 saturated heterocycles. The highest BCUT2D eigenvalue weighted by molar-refractivity contribution is 6.01. The zero-order valence-corrected chi connectivity index (χ0v) is 8.61. The van der Waals surface area contributed by atoms with Crippen molar-refractivity contribution in [3.05, 3.63) is 34.7 Å². The summed E-state index contributed by atoms with van der Waals surface area (Å²) in [6, 6.07) is 6.05. The number of benzene rings is 1. The van der Waals surface area contributed by atoms with E-state index in [0.29, 0.717) is 22.3 Å². The molecule has 82 valence electrons. The van der Waals surface area contributed by atoms with E-state index in [0.717, 1.165) is 0 Å². The summed E-state index contributed by atoms with van der Waals surface area (Å²) in [6.07, 6.45) is 0. The number of amides is 1. The van der Waals surface area contributed by atoms with E-state index >= 15 is 0 Å². The number of nitrogen functional groups attached to an aromatic ring is 1. The molecule has 1 heterocycles. The standard InChI is InChI=1S/C11H10N2O3/c1-6(14)13-8-3-4-9-7(11(8)12)2-5-10(15)16-9/h2-5H,12H2,1H3,(H,13,14). The van der Waals surface area contributed by atoms with Crippen LogP contribution in [0, 0.1) is 0 Å². The maximum atomic E-state index is 11.0. The number of carbonyl (C=O) groups excluding carboxylic acids is 1. The summed E-state index contributed by atoms with van der Waals surface area (Å²) < 4.78 is 4.95. The molecule has 5 nitrogen and oxygen atoms in total. The van der Waals surface area contributed by atoms with Gasteiger partial charge in [0, 0.05) is 18.4 Å². The summed E-state index contributed by atoms with van der Waals surface area (Å²) in [5, 5.41) is 3.20. The Labute approximate surface area is 90.9 Å². The van der Waals surface area contributed by atoms with Crippen LogP contribution in [0.4, 0.5) is 11.4 Å². The fraction of sp³-hybridized carbons (Fsp3) is 0.0909. The van der Waals surface area contributed by atoms with Crippen molar-refractivity contribution < 1.29 is 9.21 Å². The Hall–Kier alpha value is -2.30. The Kier molecular flexibility index (Phi) is 2.36. The summed E-state index contributed by atoms with van der Waals surface area (Å²) in [4.78, 5) is 21.9. The Bertz CT molecular complexity index is 616. The SMILES string of the molecule is CC(=O)Nc1ccc2oc(=O)ccc2c1N. The monoisotopic (exact) mass is 218 g/mol. The molecule has 0 saturated carbocycles. The van der Waals surface area contributed by atoms with Crippen LogP contribution in [-0.4, -0.2) is 5.91 Å². The Morgan fingerprint density at radius 1 is 1.31 bits per heavy atom. The lowest BCUT2D eigenvalue weighted by Crippen LogP contribution is -2.08. The summed E-state index contributed by atoms with van der Waals surface area (Å²) in [5.74, 6) is -0.205. The molecule has 3 N–H and O–H groups in total. The molecule has 0 atom stereocenters. The summed E-state index contributed by atoms with van der Waals surface area (Å²) in [7, 11) is 0. The second-order valence-electron chi connectivity index (χ2n) is 3.37. The second-order valence-corrected chi connectivity index (χ2v) is 3.37. The van der Waals surface area contributed by atoms with Crippen LogP contribution in [0.5, 0.6) is 0 Å². The molecule has 0 fully saturated rings. The molecule has 5 heteroatoms. The van der Waals surface area contributed by atoms with Gasteiger partial charge in [-0.3, -0.25) is 4.79 Å². The molecule has 0 unspecified atom stereocenters. The normalized spacial score (nSPS) is 10.3. The van der Waals surface area contributed by atoms with Gasteiger partial charge in [0.25, 0.3) is 0 Å². The maximum absolute atomic E-state index is 11.0. The van der Waals surface area contributed by atoms with E-state index in [-0.39, 0.29) is 5.91 Å². The average Bonchev–Trinajstić information content (AvgIpc) is 2.22. The minimum atomic E-state index is -0.431. The van der Waals surface area contributed by atoms with E-state index in [2.05, 4.69) is 5.32 Å². The van der Waals surface area contributed by atoms with Gasteiger partial charge in [-0.15, -0.1) is 0 Å². The second kappa shape index (κ2) is 3.69. The smallest absolute Gasteiger partial charge is 0.336 e. The van der Waals surface area contributed by atoms with Crippen LogP contribution in [-0.2, 0) is 4.79 Å². The van der Waals surface area contributed by atoms with Crippen LogP contribution in [0.25, 0.3) is 11.0 Å². The predicted molar refractivity (Wildman–Crippen MR) is 61.2 cm³/mol. The van der Waals surface area contributed by atoms with Gasteiger partial charge in [0.15, 0.2) is 0 Å². The molecule has 0 aliphatic carbocycles. The molecule has 16 heavy (non-hydrogen) atoms. The number of nitrogens with two attached hydrogens (primary N) is 1. The van der Waals surface area contributed by atoms with Crippen LogP contribution >= 0.6 is 0 Å². The zero-order chi connectivity index (χ0) is 11.7.